The van der Waals surface area contributed by atoms with Gasteiger partial charge in [0, 0.05) is 12.1 Å². The molecule has 42 heavy (non-hydrogen) atoms. The fraction of sp³-hybridized carbons (Fsp3) is 0.375. The number of nitrogens with zero attached hydrogens (tertiary/aromatic N) is 2. The van der Waals surface area contributed by atoms with Crippen molar-refractivity contribution in [3.63, 3.8) is 0 Å². The molecule has 1 atom stereocenters. The zero-order chi connectivity index (χ0) is 31.2. The van der Waals surface area contributed by atoms with E-state index in [4.69, 9.17) is 16.3 Å². The summed E-state index contributed by atoms with van der Waals surface area (Å²) in [5.41, 5.74) is 2.39. The summed E-state index contributed by atoms with van der Waals surface area (Å²) in [6, 6.07) is 17.8. The standard InChI is InChI=1S/C32H40ClN3O5S/c1-8-28(31(38)34-32(4,5)6)35(20-24-11-9-10-23(3)18-24)30(37)21-36(25-14-17-29(41-7)27(33)19-25)42(39,40)26-15-12-22(2)13-16-26/h9-19,28H,8,20-21H2,1-7H3,(H,34,38)/t28-/m0/s1. The van der Waals surface area contributed by atoms with Gasteiger partial charge < -0.3 is 15.0 Å². The molecule has 0 aliphatic carbocycles. The van der Waals surface area contributed by atoms with Gasteiger partial charge in [0.1, 0.15) is 18.3 Å². The van der Waals surface area contributed by atoms with E-state index < -0.39 is 34.1 Å². The molecule has 0 fully saturated rings. The minimum Gasteiger partial charge on any atom is -0.495 e. The van der Waals surface area contributed by atoms with E-state index in [-0.39, 0.29) is 28.1 Å². The Balaban J connectivity index is 2.11. The minimum absolute atomic E-state index is 0.0237. The number of rotatable bonds is 11. The van der Waals surface area contributed by atoms with Gasteiger partial charge in [-0.05, 0) is 76.9 Å². The van der Waals surface area contributed by atoms with E-state index >= 15 is 0 Å². The van der Waals surface area contributed by atoms with Crippen molar-refractivity contribution >= 4 is 39.1 Å². The molecule has 10 heteroatoms. The summed E-state index contributed by atoms with van der Waals surface area (Å²) in [5.74, 6) is -0.480. The SMILES string of the molecule is CC[C@@H](C(=O)NC(C)(C)C)N(Cc1cccc(C)c1)C(=O)CN(c1ccc(OC)c(Cl)c1)S(=O)(=O)c1ccc(C)cc1. The second-order valence-corrected chi connectivity index (χ2v) is 13.6. The molecule has 3 rings (SSSR count). The molecule has 1 N–H and O–H groups in total. The van der Waals surface area contributed by atoms with Gasteiger partial charge in [-0.15, -0.1) is 0 Å². The van der Waals surface area contributed by atoms with Crippen LogP contribution in [-0.4, -0.2) is 50.4 Å². The number of methoxy groups -OCH3 is 1. The first-order chi connectivity index (χ1) is 19.7. The fourth-order valence-electron chi connectivity index (χ4n) is 4.56. The lowest BCUT2D eigenvalue weighted by Gasteiger charge is -2.35. The molecule has 0 saturated heterocycles. The summed E-state index contributed by atoms with van der Waals surface area (Å²) in [4.78, 5) is 29.1. The zero-order valence-corrected chi connectivity index (χ0v) is 26.8. The molecule has 0 unspecified atom stereocenters. The average molecular weight is 614 g/mol. The second kappa shape index (κ2) is 13.6. The summed E-state index contributed by atoms with van der Waals surface area (Å²) >= 11 is 6.39. The maximum absolute atomic E-state index is 14.2. The number of sulfonamides is 1. The van der Waals surface area contributed by atoms with Gasteiger partial charge in [-0.3, -0.25) is 13.9 Å². The Hall–Kier alpha value is -3.56. The molecular formula is C32H40ClN3O5S. The maximum atomic E-state index is 14.2. The molecule has 0 aliphatic rings. The number of hydrogen-bond donors (Lipinski definition) is 1. The summed E-state index contributed by atoms with van der Waals surface area (Å²) < 4.78 is 34.3. The van der Waals surface area contributed by atoms with Crippen LogP contribution >= 0.6 is 11.6 Å². The molecule has 3 aromatic carbocycles. The van der Waals surface area contributed by atoms with Crippen LogP contribution in [0.1, 0.15) is 50.8 Å². The first-order valence-corrected chi connectivity index (χ1v) is 15.6. The van der Waals surface area contributed by atoms with Gasteiger partial charge in [0.2, 0.25) is 11.8 Å². The number of amides is 2. The largest absolute Gasteiger partial charge is 0.495 e. The summed E-state index contributed by atoms with van der Waals surface area (Å²) in [7, 11) is -2.75. The lowest BCUT2D eigenvalue weighted by atomic mass is 10.0. The first kappa shape index (κ1) is 32.9. The normalized spacial score (nSPS) is 12.4. The Kier molecular flexibility index (Phi) is 10.7. The molecule has 0 aliphatic heterocycles. The topological polar surface area (TPSA) is 96.0 Å². The predicted octanol–water partition coefficient (Wildman–Crippen LogP) is 5.88. The number of benzene rings is 3. The van der Waals surface area contributed by atoms with Crippen molar-refractivity contribution in [1.82, 2.24) is 10.2 Å². The molecule has 8 nitrogen and oxygen atoms in total. The van der Waals surface area contributed by atoms with Crippen LogP contribution in [-0.2, 0) is 26.2 Å². The second-order valence-electron chi connectivity index (χ2n) is 11.3. The van der Waals surface area contributed by atoms with Crippen LogP contribution in [0, 0.1) is 13.8 Å². The molecule has 226 valence electrons. The van der Waals surface area contributed by atoms with Crippen molar-refractivity contribution < 1.29 is 22.7 Å². The van der Waals surface area contributed by atoms with Crippen molar-refractivity contribution in [2.45, 2.75) is 71.0 Å². The van der Waals surface area contributed by atoms with Crippen LogP contribution in [0.25, 0.3) is 0 Å². The molecular weight excluding hydrogens is 574 g/mol. The van der Waals surface area contributed by atoms with Crippen molar-refractivity contribution in [2.24, 2.45) is 0 Å². The molecule has 0 bridgehead atoms. The molecule has 0 aromatic heterocycles. The highest BCUT2D eigenvalue weighted by atomic mass is 35.5. The zero-order valence-electron chi connectivity index (χ0n) is 25.3. The predicted molar refractivity (Wildman–Crippen MR) is 167 cm³/mol. The van der Waals surface area contributed by atoms with E-state index in [0.29, 0.717) is 12.2 Å². The quantitative estimate of drug-likeness (QED) is 0.291. The van der Waals surface area contributed by atoms with Crippen molar-refractivity contribution in [3.8, 4) is 5.75 Å². The smallest absolute Gasteiger partial charge is 0.264 e. The maximum Gasteiger partial charge on any atom is 0.264 e. The number of halogens is 1. The Morgan fingerprint density at radius 2 is 1.64 bits per heavy atom. The molecule has 0 heterocycles. The molecule has 2 amide bonds. The average Bonchev–Trinajstić information content (AvgIpc) is 2.90. The van der Waals surface area contributed by atoms with Crippen molar-refractivity contribution in [2.75, 3.05) is 18.0 Å². The highest BCUT2D eigenvalue weighted by Crippen LogP contribution is 2.32. The number of anilines is 1. The molecule has 3 aromatic rings. The van der Waals surface area contributed by atoms with Crippen LogP contribution in [0.3, 0.4) is 0 Å². The number of hydrogen-bond acceptors (Lipinski definition) is 5. The summed E-state index contributed by atoms with van der Waals surface area (Å²) in [5, 5.41) is 3.17. The third-order valence-electron chi connectivity index (χ3n) is 6.63. The van der Waals surface area contributed by atoms with Gasteiger partial charge in [0.25, 0.3) is 10.0 Å². The van der Waals surface area contributed by atoms with Crippen LogP contribution < -0.4 is 14.4 Å². The Morgan fingerprint density at radius 1 is 0.976 bits per heavy atom. The van der Waals surface area contributed by atoms with Crippen LogP contribution in [0.15, 0.2) is 71.6 Å². The number of nitrogens with one attached hydrogen (secondary N) is 1. The Labute approximate surface area is 254 Å². The van der Waals surface area contributed by atoms with E-state index in [9.17, 15) is 18.0 Å². The van der Waals surface area contributed by atoms with E-state index in [1.807, 2.05) is 65.8 Å². The third-order valence-corrected chi connectivity index (χ3v) is 8.71. The van der Waals surface area contributed by atoms with Crippen LogP contribution in [0.4, 0.5) is 5.69 Å². The monoisotopic (exact) mass is 613 g/mol. The van der Waals surface area contributed by atoms with Crippen LogP contribution in [0.2, 0.25) is 5.02 Å². The number of carbonyl (C=O) groups excluding carboxylic acids is 2. The van der Waals surface area contributed by atoms with E-state index in [0.717, 1.165) is 21.0 Å². The number of ether oxygens (including phenoxy) is 1. The minimum atomic E-state index is -4.21. The van der Waals surface area contributed by atoms with Crippen LogP contribution in [0.5, 0.6) is 5.75 Å². The summed E-state index contributed by atoms with van der Waals surface area (Å²) in [6.45, 7) is 10.8. The van der Waals surface area contributed by atoms with Crippen molar-refractivity contribution in [3.05, 3.63) is 88.4 Å². The van der Waals surface area contributed by atoms with Crippen molar-refractivity contribution in [1.29, 1.82) is 0 Å². The lowest BCUT2D eigenvalue weighted by molar-refractivity contribution is -0.141. The van der Waals surface area contributed by atoms with E-state index in [1.54, 1.807) is 18.2 Å². The molecule has 0 spiro atoms. The van der Waals surface area contributed by atoms with Gasteiger partial charge in [-0.1, -0.05) is 66.0 Å². The molecule has 0 saturated carbocycles. The lowest BCUT2D eigenvalue weighted by Crippen LogP contribution is -2.55. The van der Waals surface area contributed by atoms with Gasteiger partial charge in [0.05, 0.1) is 22.7 Å². The van der Waals surface area contributed by atoms with E-state index in [1.165, 1.54) is 36.3 Å². The number of carbonyl (C=O) groups is 2. The Bertz CT molecular complexity index is 1520. The highest BCUT2D eigenvalue weighted by Gasteiger charge is 2.34. The number of aryl methyl sites for hydroxylation is 2. The van der Waals surface area contributed by atoms with Gasteiger partial charge in [-0.25, -0.2) is 8.42 Å². The first-order valence-electron chi connectivity index (χ1n) is 13.8. The fourth-order valence-corrected chi connectivity index (χ4v) is 6.21. The van der Waals surface area contributed by atoms with Gasteiger partial charge >= 0.3 is 0 Å². The van der Waals surface area contributed by atoms with Gasteiger partial charge in [-0.2, -0.15) is 0 Å². The summed E-state index contributed by atoms with van der Waals surface area (Å²) in [6.07, 6.45) is 0.332. The highest BCUT2D eigenvalue weighted by molar-refractivity contribution is 7.92. The van der Waals surface area contributed by atoms with E-state index in [2.05, 4.69) is 5.32 Å². The van der Waals surface area contributed by atoms with Gasteiger partial charge in [0.15, 0.2) is 0 Å². The molecule has 0 radical (unpaired) electrons. The third kappa shape index (κ3) is 8.26. The Morgan fingerprint density at radius 3 is 2.19 bits per heavy atom.